The van der Waals surface area contributed by atoms with Gasteiger partial charge in [-0.1, -0.05) is 13.8 Å². The first-order valence-electron chi connectivity index (χ1n) is 7.74. The predicted octanol–water partition coefficient (Wildman–Crippen LogP) is 2.73. The van der Waals surface area contributed by atoms with Crippen LogP contribution in [-0.2, 0) is 14.3 Å². The summed E-state index contributed by atoms with van der Waals surface area (Å²) in [6.45, 7) is 5.19. The Hall–Kier alpha value is -1.26. The molecule has 2 aliphatic rings. The van der Waals surface area contributed by atoms with Crippen LogP contribution in [0.4, 0.5) is 4.79 Å². The van der Waals surface area contributed by atoms with Crippen LogP contribution in [0.3, 0.4) is 0 Å². The SMILES string of the molecule is CC(C)C(=O)O[C@H]1CCCC[C@H]1OC(=O)N1CCCC1. The molecular formula is C15H25NO4. The Bertz CT molecular complexity index is 350. The van der Waals surface area contributed by atoms with E-state index < -0.39 is 0 Å². The summed E-state index contributed by atoms with van der Waals surface area (Å²) in [4.78, 5) is 25.5. The van der Waals surface area contributed by atoms with Crippen molar-refractivity contribution in [3.8, 4) is 0 Å². The molecule has 5 heteroatoms. The molecule has 0 aromatic heterocycles. The van der Waals surface area contributed by atoms with E-state index in [0.717, 1.165) is 51.6 Å². The molecule has 1 saturated carbocycles. The number of hydrogen-bond acceptors (Lipinski definition) is 4. The van der Waals surface area contributed by atoms with E-state index in [2.05, 4.69) is 0 Å². The van der Waals surface area contributed by atoms with Crippen molar-refractivity contribution in [2.24, 2.45) is 5.92 Å². The molecule has 0 spiro atoms. The molecule has 1 saturated heterocycles. The highest BCUT2D eigenvalue weighted by molar-refractivity contribution is 5.72. The van der Waals surface area contributed by atoms with Crippen LogP contribution in [0.2, 0.25) is 0 Å². The van der Waals surface area contributed by atoms with Gasteiger partial charge < -0.3 is 14.4 Å². The number of amides is 1. The fraction of sp³-hybridized carbons (Fsp3) is 0.867. The molecule has 0 radical (unpaired) electrons. The molecule has 0 aromatic carbocycles. The first-order chi connectivity index (χ1) is 9.58. The highest BCUT2D eigenvalue weighted by atomic mass is 16.6. The molecule has 1 aliphatic carbocycles. The van der Waals surface area contributed by atoms with Crippen LogP contribution in [0.5, 0.6) is 0 Å². The van der Waals surface area contributed by atoms with E-state index in [1.807, 2.05) is 13.8 Å². The number of esters is 1. The van der Waals surface area contributed by atoms with Gasteiger partial charge in [0.05, 0.1) is 5.92 Å². The minimum Gasteiger partial charge on any atom is -0.458 e. The predicted molar refractivity (Wildman–Crippen MR) is 74.3 cm³/mol. The number of carbonyl (C=O) groups excluding carboxylic acids is 2. The van der Waals surface area contributed by atoms with Gasteiger partial charge in [0.25, 0.3) is 0 Å². The summed E-state index contributed by atoms with van der Waals surface area (Å²) in [5.41, 5.74) is 0. The van der Waals surface area contributed by atoms with E-state index in [1.54, 1.807) is 4.90 Å². The van der Waals surface area contributed by atoms with Gasteiger partial charge in [0.15, 0.2) is 0 Å². The molecule has 0 aromatic rings. The Labute approximate surface area is 120 Å². The van der Waals surface area contributed by atoms with E-state index >= 15 is 0 Å². The van der Waals surface area contributed by atoms with Crippen molar-refractivity contribution in [2.75, 3.05) is 13.1 Å². The summed E-state index contributed by atoms with van der Waals surface area (Å²) < 4.78 is 11.1. The van der Waals surface area contributed by atoms with Gasteiger partial charge in [-0.2, -0.15) is 0 Å². The third-order valence-electron chi connectivity index (χ3n) is 4.00. The normalized spacial score (nSPS) is 26.6. The summed E-state index contributed by atoms with van der Waals surface area (Å²) in [6, 6.07) is 0. The Kier molecular flexibility index (Phi) is 5.26. The highest BCUT2D eigenvalue weighted by Crippen LogP contribution is 2.26. The van der Waals surface area contributed by atoms with E-state index in [9.17, 15) is 9.59 Å². The summed E-state index contributed by atoms with van der Waals surface area (Å²) in [5.74, 6) is -0.356. The van der Waals surface area contributed by atoms with Crippen molar-refractivity contribution in [1.29, 1.82) is 0 Å². The molecule has 5 nitrogen and oxygen atoms in total. The van der Waals surface area contributed by atoms with Crippen molar-refractivity contribution in [1.82, 2.24) is 4.90 Å². The average molecular weight is 283 g/mol. The number of nitrogens with zero attached hydrogens (tertiary/aromatic N) is 1. The molecule has 0 N–H and O–H groups in total. The molecular weight excluding hydrogens is 258 g/mol. The van der Waals surface area contributed by atoms with Crippen LogP contribution in [-0.4, -0.2) is 42.3 Å². The molecule has 0 bridgehead atoms. The Morgan fingerprint density at radius 1 is 0.950 bits per heavy atom. The van der Waals surface area contributed by atoms with E-state index in [-0.39, 0.29) is 30.2 Å². The summed E-state index contributed by atoms with van der Waals surface area (Å²) >= 11 is 0. The highest BCUT2D eigenvalue weighted by Gasteiger charge is 2.33. The quantitative estimate of drug-likeness (QED) is 0.747. The first kappa shape index (κ1) is 15.1. The van der Waals surface area contributed by atoms with Gasteiger partial charge in [0.2, 0.25) is 0 Å². The molecule has 2 rings (SSSR count). The zero-order valence-corrected chi connectivity index (χ0v) is 12.5. The third-order valence-corrected chi connectivity index (χ3v) is 4.00. The zero-order chi connectivity index (χ0) is 14.5. The molecule has 1 heterocycles. The fourth-order valence-electron chi connectivity index (χ4n) is 2.72. The van der Waals surface area contributed by atoms with Gasteiger partial charge in [-0.15, -0.1) is 0 Å². The lowest BCUT2D eigenvalue weighted by Crippen LogP contribution is -2.41. The largest absolute Gasteiger partial charge is 0.458 e. The standard InChI is InChI=1S/C15H25NO4/c1-11(2)14(17)19-12-7-3-4-8-13(12)20-15(18)16-9-5-6-10-16/h11-13H,3-10H2,1-2H3/t12-,13+/m0/s1. The second-order valence-electron chi connectivity index (χ2n) is 6.03. The molecule has 1 amide bonds. The van der Waals surface area contributed by atoms with Crippen LogP contribution in [0.25, 0.3) is 0 Å². The number of likely N-dealkylation sites (tertiary alicyclic amines) is 1. The van der Waals surface area contributed by atoms with Crippen LogP contribution in [0.15, 0.2) is 0 Å². The first-order valence-corrected chi connectivity index (χ1v) is 7.74. The number of hydrogen-bond donors (Lipinski definition) is 0. The van der Waals surface area contributed by atoms with E-state index in [0.29, 0.717) is 0 Å². The molecule has 0 unspecified atom stereocenters. The topological polar surface area (TPSA) is 55.8 Å². The van der Waals surface area contributed by atoms with Crippen LogP contribution < -0.4 is 0 Å². The average Bonchev–Trinajstić information content (AvgIpc) is 2.94. The zero-order valence-electron chi connectivity index (χ0n) is 12.5. The maximum absolute atomic E-state index is 12.0. The molecule has 20 heavy (non-hydrogen) atoms. The van der Waals surface area contributed by atoms with Gasteiger partial charge in [0, 0.05) is 13.1 Å². The second-order valence-corrected chi connectivity index (χ2v) is 6.03. The van der Waals surface area contributed by atoms with Crippen molar-refractivity contribution in [3.05, 3.63) is 0 Å². The fourth-order valence-corrected chi connectivity index (χ4v) is 2.72. The lowest BCUT2D eigenvalue weighted by Gasteiger charge is -2.32. The van der Waals surface area contributed by atoms with Gasteiger partial charge >= 0.3 is 12.1 Å². The molecule has 1 aliphatic heterocycles. The Morgan fingerprint density at radius 3 is 2.05 bits per heavy atom. The maximum Gasteiger partial charge on any atom is 0.410 e. The summed E-state index contributed by atoms with van der Waals surface area (Å²) in [5, 5.41) is 0. The third kappa shape index (κ3) is 3.87. The van der Waals surface area contributed by atoms with Gasteiger partial charge in [-0.3, -0.25) is 4.79 Å². The van der Waals surface area contributed by atoms with E-state index in [4.69, 9.17) is 9.47 Å². The van der Waals surface area contributed by atoms with Crippen LogP contribution in [0, 0.1) is 5.92 Å². The molecule has 114 valence electrons. The van der Waals surface area contributed by atoms with E-state index in [1.165, 1.54) is 0 Å². The summed E-state index contributed by atoms with van der Waals surface area (Å²) in [7, 11) is 0. The minimum absolute atomic E-state index is 0.146. The number of carbonyl (C=O) groups is 2. The summed E-state index contributed by atoms with van der Waals surface area (Å²) in [6.07, 6.45) is 4.91. The van der Waals surface area contributed by atoms with Crippen molar-refractivity contribution < 1.29 is 19.1 Å². The number of ether oxygens (including phenoxy) is 2. The van der Waals surface area contributed by atoms with Crippen LogP contribution >= 0.6 is 0 Å². The second kappa shape index (κ2) is 6.95. The van der Waals surface area contributed by atoms with Gasteiger partial charge in [-0.25, -0.2) is 4.79 Å². The van der Waals surface area contributed by atoms with Crippen molar-refractivity contribution in [3.63, 3.8) is 0 Å². The lowest BCUT2D eigenvalue weighted by molar-refractivity contribution is -0.161. The molecule has 2 fully saturated rings. The number of rotatable bonds is 3. The van der Waals surface area contributed by atoms with Crippen LogP contribution in [0.1, 0.15) is 52.4 Å². The molecule has 2 atom stereocenters. The van der Waals surface area contributed by atoms with Gasteiger partial charge in [0.1, 0.15) is 12.2 Å². The Balaban J connectivity index is 1.89. The van der Waals surface area contributed by atoms with Crippen molar-refractivity contribution in [2.45, 2.75) is 64.6 Å². The van der Waals surface area contributed by atoms with Crippen molar-refractivity contribution >= 4 is 12.1 Å². The smallest absolute Gasteiger partial charge is 0.410 e. The Morgan fingerprint density at radius 2 is 1.50 bits per heavy atom. The lowest BCUT2D eigenvalue weighted by atomic mass is 9.94. The maximum atomic E-state index is 12.0. The van der Waals surface area contributed by atoms with Gasteiger partial charge in [-0.05, 0) is 38.5 Å². The minimum atomic E-state index is -0.278. The monoisotopic (exact) mass is 283 g/mol.